The van der Waals surface area contributed by atoms with E-state index in [1.54, 1.807) is 0 Å². The smallest absolute Gasteiger partial charge is 0.0548 e. The third-order valence-electron chi connectivity index (χ3n) is 3.29. The van der Waals surface area contributed by atoms with Gasteiger partial charge in [-0.15, -0.1) is 0 Å². The summed E-state index contributed by atoms with van der Waals surface area (Å²) in [6.45, 7) is 6.63. The average molecular weight is 172 g/mol. The van der Waals surface area contributed by atoms with Gasteiger partial charge in [-0.1, -0.05) is 20.8 Å². The quantitative estimate of drug-likeness (QED) is 0.628. The van der Waals surface area contributed by atoms with Crippen LogP contribution < -0.4 is 0 Å². The maximum absolute atomic E-state index is 9.55. The van der Waals surface area contributed by atoms with E-state index in [0.717, 1.165) is 12.8 Å². The Bertz CT molecular complexity index is 154. The summed E-state index contributed by atoms with van der Waals surface area (Å²) in [5.74, 6) is 0.787. The Morgan fingerprint density at radius 2 is 2.00 bits per heavy atom. The topological polar surface area (TPSA) is 40.5 Å². The van der Waals surface area contributed by atoms with Gasteiger partial charge in [-0.25, -0.2) is 0 Å². The van der Waals surface area contributed by atoms with Crippen molar-refractivity contribution >= 4 is 0 Å². The van der Waals surface area contributed by atoms with E-state index >= 15 is 0 Å². The van der Waals surface area contributed by atoms with Crippen LogP contribution in [0.1, 0.15) is 33.6 Å². The molecule has 2 heteroatoms. The molecule has 0 bridgehead atoms. The molecule has 0 aromatic carbocycles. The van der Waals surface area contributed by atoms with Crippen LogP contribution in [-0.4, -0.2) is 22.9 Å². The first-order valence-electron chi connectivity index (χ1n) is 4.76. The van der Waals surface area contributed by atoms with Crippen molar-refractivity contribution in [2.75, 3.05) is 6.61 Å². The normalized spacial score (nSPS) is 41.2. The predicted molar refractivity (Wildman–Crippen MR) is 48.8 cm³/mol. The van der Waals surface area contributed by atoms with E-state index in [2.05, 4.69) is 20.8 Å². The molecule has 2 nitrogen and oxygen atoms in total. The fourth-order valence-electron chi connectivity index (χ4n) is 2.63. The van der Waals surface area contributed by atoms with Crippen LogP contribution in [0.25, 0.3) is 0 Å². The molecule has 0 aromatic rings. The molecule has 1 fully saturated rings. The van der Waals surface area contributed by atoms with E-state index in [0.29, 0.717) is 11.8 Å². The lowest BCUT2D eigenvalue weighted by Crippen LogP contribution is -2.41. The van der Waals surface area contributed by atoms with Gasteiger partial charge in [0.15, 0.2) is 0 Å². The molecule has 0 saturated heterocycles. The molecule has 0 aromatic heterocycles. The van der Waals surface area contributed by atoms with Gasteiger partial charge in [0.2, 0.25) is 0 Å². The van der Waals surface area contributed by atoms with Crippen LogP contribution in [0, 0.1) is 17.3 Å². The molecular weight excluding hydrogens is 152 g/mol. The molecule has 3 atom stereocenters. The number of aliphatic hydroxyl groups excluding tert-OH is 2. The summed E-state index contributed by atoms with van der Waals surface area (Å²) < 4.78 is 0. The van der Waals surface area contributed by atoms with Crippen molar-refractivity contribution in [3.63, 3.8) is 0 Å². The lowest BCUT2D eigenvalue weighted by Gasteiger charge is -2.44. The first kappa shape index (κ1) is 10.0. The van der Waals surface area contributed by atoms with Crippen molar-refractivity contribution in [3.05, 3.63) is 0 Å². The number of hydrogen-bond acceptors (Lipinski definition) is 2. The minimum absolute atomic E-state index is 0.0891. The van der Waals surface area contributed by atoms with Gasteiger partial charge in [-0.3, -0.25) is 0 Å². The second-order valence-corrected chi connectivity index (χ2v) is 4.85. The average Bonchev–Trinajstić information content (AvgIpc) is 1.82. The zero-order valence-corrected chi connectivity index (χ0v) is 8.25. The van der Waals surface area contributed by atoms with Gasteiger partial charge < -0.3 is 10.2 Å². The summed E-state index contributed by atoms with van der Waals surface area (Å²) in [6.07, 6.45) is 1.50. The Hall–Kier alpha value is -0.0800. The lowest BCUT2D eigenvalue weighted by atomic mass is 9.63. The maximum atomic E-state index is 9.55. The molecule has 2 N–H and O–H groups in total. The molecular formula is C10H20O2. The summed E-state index contributed by atoms with van der Waals surface area (Å²) in [5, 5.41) is 18.7. The Labute approximate surface area is 74.6 Å². The van der Waals surface area contributed by atoms with Gasteiger partial charge in [0.05, 0.1) is 6.10 Å². The Morgan fingerprint density at radius 3 is 2.42 bits per heavy atom. The molecule has 72 valence electrons. The first-order chi connectivity index (χ1) is 5.47. The highest BCUT2D eigenvalue weighted by Crippen LogP contribution is 2.43. The lowest BCUT2D eigenvalue weighted by molar-refractivity contribution is -0.0344. The van der Waals surface area contributed by atoms with Crippen LogP contribution in [0.2, 0.25) is 0 Å². The van der Waals surface area contributed by atoms with Crippen molar-refractivity contribution < 1.29 is 10.2 Å². The third-order valence-corrected chi connectivity index (χ3v) is 3.29. The zero-order chi connectivity index (χ0) is 9.35. The highest BCUT2D eigenvalue weighted by Gasteiger charge is 2.39. The summed E-state index contributed by atoms with van der Waals surface area (Å²) >= 11 is 0. The van der Waals surface area contributed by atoms with E-state index in [4.69, 9.17) is 0 Å². The largest absolute Gasteiger partial charge is 0.396 e. The van der Waals surface area contributed by atoms with E-state index in [-0.39, 0.29) is 18.1 Å². The van der Waals surface area contributed by atoms with Crippen LogP contribution >= 0.6 is 0 Å². The van der Waals surface area contributed by atoms with E-state index in [1.807, 2.05) is 0 Å². The summed E-state index contributed by atoms with van der Waals surface area (Å²) in [6, 6.07) is 0. The molecule has 12 heavy (non-hydrogen) atoms. The third kappa shape index (κ3) is 1.80. The van der Waals surface area contributed by atoms with Crippen LogP contribution in [-0.2, 0) is 0 Å². The standard InChI is InChI=1S/C10H20O2/c1-7-4-8(12)5-10(2,3)9(7)6-11/h7-9,11-12H,4-6H2,1-3H3. The summed E-state index contributed by atoms with van der Waals surface area (Å²) in [4.78, 5) is 0. The molecule has 3 unspecified atom stereocenters. The second kappa shape index (κ2) is 3.35. The van der Waals surface area contributed by atoms with Crippen molar-refractivity contribution in [2.45, 2.75) is 39.7 Å². The van der Waals surface area contributed by atoms with Crippen molar-refractivity contribution in [2.24, 2.45) is 17.3 Å². The highest BCUT2D eigenvalue weighted by molar-refractivity contribution is 4.89. The monoisotopic (exact) mass is 172 g/mol. The molecule has 0 heterocycles. The summed E-state index contributed by atoms with van der Waals surface area (Å²) in [7, 11) is 0. The number of hydrogen-bond donors (Lipinski definition) is 2. The van der Waals surface area contributed by atoms with Gasteiger partial charge in [0, 0.05) is 6.61 Å². The predicted octanol–water partition coefficient (Wildman–Crippen LogP) is 1.41. The van der Waals surface area contributed by atoms with Crippen LogP contribution in [0.15, 0.2) is 0 Å². The molecule has 0 radical (unpaired) electrons. The summed E-state index contributed by atoms with van der Waals surface area (Å²) in [5.41, 5.74) is 0.0891. The molecule has 0 amide bonds. The van der Waals surface area contributed by atoms with Crippen molar-refractivity contribution in [3.8, 4) is 0 Å². The fraction of sp³-hybridized carbons (Fsp3) is 1.00. The maximum Gasteiger partial charge on any atom is 0.0548 e. The van der Waals surface area contributed by atoms with Crippen LogP contribution in [0.3, 0.4) is 0 Å². The Morgan fingerprint density at radius 1 is 1.42 bits per heavy atom. The molecule has 1 aliphatic carbocycles. The minimum atomic E-state index is -0.169. The number of aliphatic hydroxyl groups is 2. The molecule has 0 aliphatic heterocycles. The van der Waals surface area contributed by atoms with Crippen LogP contribution in [0.5, 0.6) is 0 Å². The SMILES string of the molecule is CC1CC(O)CC(C)(C)C1CO. The van der Waals surface area contributed by atoms with Crippen LogP contribution in [0.4, 0.5) is 0 Å². The van der Waals surface area contributed by atoms with Gasteiger partial charge in [0.25, 0.3) is 0 Å². The molecule has 0 spiro atoms. The van der Waals surface area contributed by atoms with E-state index in [9.17, 15) is 10.2 Å². The van der Waals surface area contributed by atoms with Gasteiger partial charge in [-0.2, -0.15) is 0 Å². The molecule has 1 aliphatic rings. The van der Waals surface area contributed by atoms with Gasteiger partial charge >= 0.3 is 0 Å². The van der Waals surface area contributed by atoms with Crippen molar-refractivity contribution in [1.82, 2.24) is 0 Å². The minimum Gasteiger partial charge on any atom is -0.396 e. The molecule has 1 rings (SSSR count). The molecule has 1 saturated carbocycles. The van der Waals surface area contributed by atoms with Gasteiger partial charge in [0.1, 0.15) is 0 Å². The number of rotatable bonds is 1. The zero-order valence-electron chi connectivity index (χ0n) is 8.25. The first-order valence-corrected chi connectivity index (χ1v) is 4.76. The fourth-order valence-corrected chi connectivity index (χ4v) is 2.63. The van der Waals surface area contributed by atoms with E-state index < -0.39 is 0 Å². The second-order valence-electron chi connectivity index (χ2n) is 4.85. The van der Waals surface area contributed by atoms with E-state index in [1.165, 1.54) is 0 Å². The van der Waals surface area contributed by atoms with Crippen molar-refractivity contribution in [1.29, 1.82) is 0 Å². The highest BCUT2D eigenvalue weighted by atomic mass is 16.3. The Balaban J connectivity index is 2.71. The van der Waals surface area contributed by atoms with Gasteiger partial charge in [-0.05, 0) is 30.1 Å². The Kier molecular flexibility index (Phi) is 2.79.